The van der Waals surface area contributed by atoms with Crippen LogP contribution in [0.4, 0.5) is 0 Å². The van der Waals surface area contributed by atoms with E-state index in [1.807, 2.05) is 41.3 Å². The Morgan fingerprint density at radius 3 is 2.24 bits per heavy atom. The summed E-state index contributed by atoms with van der Waals surface area (Å²) in [5.41, 5.74) is 2.04. The summed E-state index contributed by atoms with van der Waals surface area (Å²) in [6.45, 7) is 2.43. The predicted octanol–water partition coefficient (Wildman–Crippen LogP) is 2.82. The Morgan fingerprint density at radius 1 is 0.952 bits per heavy atom. The van der Waals surface area contributed by atoms with Gasteiger partial charge in [0.15, 0.2) is 0 Å². The number of amides is 1. The Balaban J connectivity index is 1.78. The second kappa shape index (κ2) is 6.10. The Bertz CT molecular complexity index is 597. The summed E-state index contributed by atoms with van der Waals surface area (Å²) in [7, 11) is 2.13. The first-order chi connectivity index (χ1) is 10.3. The number of hydrogen-bond acceptors (Lipinski definition) is 2. The molecule has 0 aromatic heterocycles. The van der Waals surface area contributed by atoms with Crippen LogP contribution < -0.4 is 0 Å². The van der Waals surface area contributed by atoms with Gasteiger partial charge < -0.3 is 4.90 Å². The van der Waals surface area contributed by atoms with Gasteiger partial charge in [-0.25, -0.2) is 0 Å². The number of carbonyl (C=O) groups excluding carboxylic acids is 1. The normalized spacial score (nSPS) is 19.5. The van der Waals surface area contributed by atoms with Gasteiger partial charge >= 0.3 is 0 Å². The van der Waals surface area contributed by atoms with Crippen molar-refractivity contribution in [1.29, 1.82) is 0 Å². The van der Waals surface area contributed by atoms with Crippen LogP contribution >= 0.6 is 0 Å². The van der Waals surface area contributed by atoms with Crippen molar-refractivity contribution in [3.05, 3.63) is 71.8 Å². The summed E-state index contributed by atoms with van der Waals surface area (Å²) in [6, 6.07) is 20.2. The molecule has 1 atom stereocenters. The second-order valence-corrected chi connectivity index (χ2v) is 5.52. The van der Waals surface area contributed by atoms with E-state index in [9.17, 15) is 4.79 Å². The van der Waals surface area contributed by atoms with E-state index in [4.69, 9.17) is 0 Å². The van der Waals surface area contributed by atoms with Crippen LogP contribution in [0.25, 0.3) is 0 Å². The third-order valence-corrected chi connectivity index (χ3v) is 4.14. The fourth-order valence-electron chi connectivity index (χ4n) is 2.86. The minimum atomic E-state index is 0.129. The fourth-order valence-corrected chi connectivity index (χ4v) is 2.86. The van der Waals surface area contributed by atoms with Crippen LogP contribution in [-0.4, -0.2) is 42.4 Å². The molecule has 1 aliphatic rings. The van der Waals surface area contributed by atoms with E-state index in [0.29, 0.717) is 0 Å². The Hall–Kier alpha value is -2.13. The van der Waals surface area contributed by atoms with E-state index in [1.54, 1.807) is 0 Å². The van der Waals surface area contributed by atoms with Gasteiger partial charge in [0.05, 0.1) is 6.04 Å². The van der Waals surface area contributed by atoms with Crippen LogP contribution in [0.5, 0.6) is 0 Å². The third-order valence-electron chi connectivity index (χ3n) is 4.14. The molecule has 3 heteroatoms. The first-order valence-electron chi connectivity index (χ1n) is 7.35. The van der Waals surface area contributed by atoms with Gasteiger partial charge in [0.1, 0.15) is 0 Å². The zero-order valence-electron chi connectivity index (χ0n) is 12.3. The fraction of sp³-hybridized carbons (Fsp3) is 0.278. The van der Waals surface area contributed by atoms with Crippen molar-refractivity contribution in [3.8, 4) is 0 Å². The van der Waals surface area contributed by atoms with Crippen LogP contribution in [0.1, 0.15) is 22.0 Å². The first kappa shape index (κ1) is 13.8. The summed E-state index contributed by atoms with van der Waals surface area (Å²) in [5.74, 6) is 0.129. The number of piperazine rings is 1. The molecule has 1 unspecified atom stereocenters. The molecule has 1 aliphatic heterocycles. The molecule has 1 fully saturated rings. The highest BCUT2D eigenvalue weighted by Crippen LogP contribution is 2.24. The van der Waals surface area contributed by atoms with E-state index in [-0.39, 0.29) is 11.9 Å². The van der Waals surface area contributed by atoms with Crippen LogP contribution in [0, 0.1) is 0 Å². The molecule has 0 N–H and O–H groups in total. The van der Waals surface area contributed by atoms with Gasteiger partial charge in [-0.1, -0.05) is 48.5 Å². The Labute approximate surface area is 125 Å². The molecule has 2 aromatic carbocycles. The standard InChI is InChI=1S/C18H20N2O/c1-19-12-13-20(18(21)16-10-6-3-7-11-16)14-17(19)15-8-4-2-5-9-15/h2-11,17H,12-14H2,1H3. The van der Waals surface area contributed by atoms with Gasteiger partial charge in [-0.15, -0.1) is 0 Å². The lowest BCUT2D eigenvalue weighted by atomic mass is 10.0. The molecular weight excluding hydrogens is 260 g/mol. The summed E-state index contributed by atoms with van der Waals surface area (Å²) in [4.78, 5) is 16.9. The molecule has 1 amide bonds. The lowest BCUT2D eigenvalue weighted by Crippen LogP contribution is -2.49. The molecule has 0 aliphatic carbocycles. The topological polar surface area (TPSA) is 23.6 Å². The van der Waals surface area contributed by atoms with Crippen LogP contribution in [0.3, 0.4) is 0 Å². The molecule has 108 valence electrons. The first-order valence-corrected chi connectivity index (χ1v) is 7.35. The molecule has 3 rings (SSSR count). The quantitative estimate of drug-likeness (QED) is 0.844. The van der Waals surface area contributed by atoms with E-state index in [0.717, 1.165) is 25.2 Å². The molecule has 1 saturated heterocycles. The monoisotopic (exact) mass is 280 g/mol. The maximum atomic E-state index is 12.6. The number of rotatable bonds is 2. The van der Waals surface area contributed by atoms with Crippen molar-refractivity contribution >= 4 is 5.91 Å². The summed E-state index contributed by atoms with van der Waals surface area (Å²) in [6.07, 6.45) is 0. The predicted molar refractivity (Wildman–Crippen MR) is 84.2 cm³/mol. The van der Waals surface area contributed by atoms with Gasteiger partial charge in [-0.3, -0.25) is 9.69 Å². The summed E-state index contributed by atoms with van der Waals surface area (Å²) < 4.78 is 0. The average Bonchev–Trinajstić information content (AvgIpc) is 2.56. The van der Waals surface area contributed by atoms with Gasteiger partial charge in [-0.05, 0) is 24.7 Å². The van der Waals surface area contributed by atoms with E-state index in [1.165, 1.54) is 5.56 Å². The van der Waals surface area contributed by atoms with Gasteiger partial charge in [0.25, 0.3) is 5.91 Å². The zero-order valence-corrected chi connectivity index (χ0v) is 12.3. The molecule has 21 heavy (non-hydrogen) atoms. The number of likely N-dealkylation sites (N-methyl/N-ethyl adjacent to an activating group) is 1. The van der Waals surface area contributed by atoms with Crippen molar-refractivity contribution in [3.63, 3.8) is 0 Å². The van der Waals surface area contributed by atoms with E-state index < -0.39 is 0 Å². The van der Waals surface area contributed by atoms with Crippen LogP contribution in [0.15, 0.2) is 60.7 Å². The summed E-state index contributed by atoms with van der Waals surface area (Å²) >= 11 is 0. The second-order valence-electron chi connectivity index (χ2n) is 5.52. The summed E-state index contributed by atoms with van der Waals surface area (Å²) in [5, 5.41) is 0. The number of nitrogens with zero attached hydrogens (tertiary/aromatic N) is 2. The maximum absolute atomic E-state index is 12.6. The zero-order chi connectivity index (χ0) is 14.7. The molecule has 0 saturated carbocycles. The smallest absolute Gasteiger partial charge is 0.253 e. The van der Waals surface area contributed by atoms with Crippen molar-refractivity contribution in [2.75, 3.05) is 26.7 Å². The average molecular weight is 280 g/mol. The third kappa shape index (κ3) is 2.98. The number of carbonyl (C=O) groups is 1. The largest absolute Gasteiger partial charge is 0.335 e. The van der Waals surface area contributed by atoms with Crippen LogP contribution in [-0.2, 0) is 0 Å². The number of hydrogen-bond donors (Lipinski definition) is 0. The molecular formula is C18H20N2O. The van der Waals surface area contributed by atoms with E-state index >= 15 is 0 Å². The lowest BCUT2D eigenvalue weighted by molar-refractivity contribution is 0.0546. The van der Waals surface area contributed by atoms with Gasteiger partial charge in [-0.2, -0.15) is 0 Å². The molecule has 2 aromatic rings. The SMILES string of the molecule is CN1CCN(C(=O)c2ccccc2)CC1c1ccccc1. The van der Waals surface area contributed by atoms with Crippen LogP contribution in [0.2, 0.25) is 0 Å². The highest BCUT2D eigenvalue weighted by molar-refractivity contribution is 5.94. The highest BCUT2D eigenvalue weighted by atomic mass is 16.2. The molecule has 0 radical (unpaired) electrons. The van der Waals surface area contributed by atoms with Crippen molar-refractivity contribution < 1.29 is 4.79 Å². The van der Waals surface area contributed by atoms with E-state index in [2.05, 4.69) is 36.2 Å². The minimum Gasteiger partial charge on any atom is -0.335 e. The number of benzene rings is 2. The Morgan fingerprint density at radius 2 is 1.57 bits per heavy atom. The van der Waals surface area contributed by atoms with Gasteiger partial charge in [0, 0.05) is 25.2 Å². The lowest BCUT2D eigenvalue weighted by Gasteiger charge is -2.39. The van der Waals surface area contributed by atoms with Crippen molar-refractivity contribution in [2.24, 2.45) is 0 Å². The molecule has 1 heterocycles. The maximum Gasteiger partial charge on any atom is 0.253 e. The molecule has 0 bridgehead atoms. The van der Waals surface area contributed by atoms with Gasteiger partial charge in [0.2, 0.25) is 0 Å². The molecule has 0 spiro atoms. The molecule has 3 nitrogen and oxygen atoms in total. The minimum absolute atomic E-state index is 0.129. The van der Waals surface area contributed by atoms with Crippen molar-refractivity contribution in [2.45, 2.75) is 6.04 Å². The highest BCUT2D eigenvalue weighted by Gasteiger charge is 2.28. The Kier molecular flexibility index (Phi) is 4.02. The van der Waals surface area contributed by atoms with Crippen molar-refractivity contribution in [1.82, 2.24) is 9.80 Å².